The van der Waals surface area contributed by atoms with Crippen LogP contribution in [0.2, 0.25) is 0 Å². The van der Waals surface area contributed by atoms with E-state index >= 15 is 0 Å². The van der Waals surface area contributed by atoms with E-state index in [1.54, 1.807) is 6.92 Å². The molecule has 5 nitrogen and oxygen atoms in total. The molecule has 16 heavy (non-hydrogen) atoms. The second kappa shape index (κ2) is 10.2. The Bertz CT molecular complexity index is 214. The Hall–Kier alpha value is -1.33. The predicted octanol–water partition coefficient (Wildman–Crippen LogP) is 1.25. The SMILES string of the molecule is C=COC(C)OCCOCCOC(=O)C=C. The molecule has 0 heterocycles. The molecule has 0 aromatic carbocycles. The highest BCUT2D eigenvalue weighted by atomic mass is 16.7. The topological polar surface area (TPSA) is 54.0 Å². The summed E-state index contributed by atoms with van der Waals surface area (Å²) >= 11 is 0. The number of ether oxygens (including phenoxy) is 4. The third-order valence-electron chi connectivity index (χ3n) is 1.51. The normalized spacial score (nSPS) is 11.6. The molecule has 1 atom stereocenters. The van der Waals surface area contributed by atoms with Crippen LogP contribution in [-0.4, -0.2) is 38.7 Å². The van der Waals surface area contributed by atoms with Crippen molar-refractivity contribution in [2.24, 2.45) is 0 Å². The maximum atomic E-state index is 10.6. The standard InChI is InChI=1S/C11H18O5/c1-4-11(12)16-9-7-13-6-8-15-10(3)14-5-2/h4-5,10H,1-2,6-9H2,3H3. The number of hydrogen-bond acceptors (Lipinski definition) is 5. The Labute approximate surface area is 95.6 Å². The minimum absolute atomic E-state index is 0.212. The van der Waals surface area contributed by atoms with Gasteiger partial charge in [-0.3, -0.25) is 0 Å². The van der Waals surface area contributed by atoms with Gasteiger partial charge >= 0.3 is 5.97 Å². The first-order valence-corrected chi connectivity index (χ1v) is 4.95. The van der Waals surface area contributed by atoms with Crippen LogP contribution in [0.1, 0.15) is 6.92 Å². The fourth-order valence-electron chi connectivity index (χ4n) is 0.810. The third kappa shape index (κ3) is 9.23. The van der Waals surface area contributed by atoms with Gasteiger partial charge in [-0.1, -0.05) is 13.2 Å². The van der Waals surface area contributed by atoms with Crippen LogP contribution in [0, 0.1) is 0 Å². The van der Waals surface area contributed by atoms with Gasteiger partial charge in [-0.05, 0) is 6.92 Å². The van der Waals surface area contributed by atoms with Crippen molar-refractivity contribution in [1.29, 1.82) is 0 Å². The molecule has 0 aliphatic heterocycles. The van der Waals surface area contributed by atoms with E-state index in [2.05, 4.69) is 13.2 Å². The van der Waals surface area contributed by atoms with E-state index in [4.69, 9.17) is 18.9 Å². The molecule has 0 aliphatic carbocycles. The average Bonchev–Trinajstić information content (AvgIpc) is 2.27. The van der Waals surface area contributed by atoms with Crippen molar-refractivity contribution in [3.05, 3.63) is 25.5 Å². The van der Waals surface area contributed by atoms with E-state index in [0.29, 0.717) is 19.8 Å². The molecule has 0 rings (SSSR count). The molecule has 0 saturated carbocycles. The molecule has 1 unspecified atom stereocenters. The van der Waals surface area contributed by atoms with Gasteiger partial charge in [0.1, 0.15) is 6.61 Å². The first kappa shape index (κ1) is 14.7. The minimum atomic E-state index is -0.451. The Kier molecular flexibility index (Phi) is 9.35. The lowest BCUT2D eigenvalue weighted by molar-refractivity contribution is -0.140. The van der Waals surface area contributed by atoms with E-state index < -0.39 is 5.97 Å². The van der Waals surface area contributed by atoms with Crippen molar-refractivity contribution in [3.63, 3.8) is 0 Å². The van der Waals surface area contributed by atoms with E-state index in [1.807, 2.05) is 0 Å². The monoisotopic (exact) mass is 230 g/mol. The van der Waals surface area contributed by atoms with Crippen molar-refractivity contribution in [1.82, 2.24) is 0 Å². The van der Waals surface area contributed by atoms with E-state index in [0.717, 1.165) is 6.08 Å². The van der Waals surface area contributed by atoms with Crippen LogP contribution >= 0.6 is 0 Å². The van der Waals surface area contributed by atoms with Crippen LogP contribution < -0.4 is 0 Å². The van der Waals surface area contributed by atoms with Crippen LogP contribution in [0.25, 0.3) is 0 Å². The summed E-state index contributed by atoms with van der Waals surface area (Å²) in [5.74, 6) is -0.451. The fourth-order valence-corrected chi connectivity index (χ4v) is 0.810. The summed E-state index contributed by atoms with van der Waals surface area (Å²) in [4.78, 5) is 10.6. The molecular formula is C11H18O5. The molecule has 0 radical (unpaired) electrons. The summed E-state index contributed by atoms with van der Waals surface area (Å²) < 4.78 is 19.9. The second-order valence-electron chi connectivity index (χ2n) is 2.73. The first-order chi connectivity index (χ1) is 7.70. The maximum Gasteiger partial charge on any atom is 0.330 e. The van der Waals surface area contributed by atoms with Gasteiger partial charge in [-0.25, -0.2) is 4.79 Å². The van der Waals surface area contributed by atoms with Crippen molar-refractivity contribution < 1.29 is 23.7 Å². The molecule has 0 bridgehead atoms. The molecule has 0 aliphatic rings. The van der Waals surface area contributed by atoms with Gasteiger partial charge in [0.15, 0.2) is 6.29 Å². The summed E-state index contributed by atoms with van der Waals surface area (Å²) in [7, 11) is 0. The van der Waals surface area contributed by atoms with Crippen molar-refractivity contribution in [2.75, 3.05) is 26.4 Å². The zero-order valence-electron chi connectivity index (χ0n) is 9.52. The highest BCUT2D eigenvalue weighted by molar-refractivity contribution is 5.81. The van der Waals surface area contributed by atoms with Gasteiger partial charge < -0.3 is 18.9 Å². The van der Waals surface area contributed by atoms with Crippen LogP contribution in [0.15, 0.2) is 25.5 Å². The zero-order valence-corrected chi connectivity index (χ0v) is 9.52. The third-order valence-corrected chi connectivity index (χ3v) is 1.51. The quantitative estimate of drug-likeness (QED) is 0.186. The summed E-state index contributed by atoms with van der Waals surface area (Å²) in [6.45, 7) is 9.80. The molecule has 0 N–H and O–H groups in total. The molecule has 0 fully saturated rings. The average molecular weight is 230 g/mol. The number of carbonyl (C=O) groups excluding carboxylic acids is 1. The van der Waals surface area contributed by atoms with Gasteiger partial charge in [0.25, 0.3) is 0 Å². The summed E-state index contributed by atoms with van der Waals surface area (Å²) in [5, 5.41) is 0. The lowest BCUT2D eigenvalue weighted by Crippen LogP contribution is -2.15. The molecule has 0 aromatic heterocycles. The second-order valence-corrected chi connectivity index (χ2v) is 2.73. The van der Waals surface area contributed by atoms with Crippen LogP contribution in [0.3, 0.4) is 0 Å². The van der Waals surface area contributed by atoms with Crippen molar-refractivity contribution in [3.8, 4) is 0 Å². The van der Waals surface area contributed by atoms with Gasteiger partial charge in [0.05, 0.1) is 26.1 Å². The first-order valence-electron chi connectivity index (χ1n) is 4.95. The Morgan fingerprint density at radius 2 is 1.94 bits per heavy atom. The number of rotatable bonds is 10. The number of hydrogen-bond donors (Lipinski definition) is 0. The molecular weight excluding hydrogens is 212 g/mol. The summed E-state index contributed by atoms with van der Waals surface area (Å²) in [6.07, 6.45) is 2.09. The zero-order chi connectivity index (χ0) is 12.2. The molecule has 0 saturated heterocycles. The van der Waals surface area contributed by atoms with Gasteiger partial charge in [-0.15, -0.1) is 0 Å². The summed E-state index contributed by atoms with van der Waals surface area (Å²) in [6, 6.07) is 0. The van der Waals surface area contributed by atoms with Crippen molar-refractivity contribution in [2.45, 2.75) is 13.2 Å². The van der Waals surface area contributed by atoms with E-state index in [9.17, 15) is 4.79 Å². The Morgan fingerprint density at radius 3 is 2.56 bits per heavy atom. The number of carbonyl (C=O) groups is 1. The highest BCUT2D eigenvalue weighted by Gasteiger charge is 1.99. The van der Waals surface area contributed by atoms with Gasteiger partial charge in [0.2, 0.25) is 0 Å². The molecule has 92 valence electrons. The molecule has 5 heteroatoms. The predicted molar refractivity (Wildman–Crippen MR) is 58.7 cm³/mol. The maximum absolute atomic E-state index is 10.6. The summed E-state index contributed by atoms with van der Waals surface area (Å²) in [5.41, 5.74) is 0. The van der Waals surface area contributed by atoms with E-state index in [1.165, 1.54) is 6.26 Å². The van der Waals surface area contributed by atoms with Gasteiger partial charge in [-0.2, -0.15) is 0 Å². The smallest absolute Gasteiger partial charge is 0.330 e. The molecule has 0 aromatic rings. The molecule has 0 spiro atoms. The largest absolute Gasteiger partial charge is 0.473 e. The number of esters is 1. The molecule has 0 amide bonds. The van der Waals surface area contributed by atoms with Crippen LogP contribution in [-0.2, 0) is 23.7 Å². The lowest BCUT2D eigenvalue weighted by atomic mass is 10.6. The van der Waals surface area contributed by atoms with Gasteiger partial charge in [0, 0.05) is 6.08 Å². The highest BCUT2D eigenvalue weighted by Crippen LogP contribution is 1.93. The van der Waals surface area contributed by atoms with E-state index in [-0.39, 0.29) is 12.9 Å². The minimum Gasteiger partial charge on any atom is -0.473 e. The Morgan fingerprint density at radius 1 is 1.25 bits per heavy atom. The van der Waals surface area contributed by atoms with Crippen LogP contribution in [0.4, 0.5) is 0 Å². The fraction of sp³-hybridized carbons (Fsp3) is 0.545. The van der Waals surface area contributed by atoms with Crippen LogP contribution in [0.5, 0.6) is 0 Å². The Balaban J connectivity index is 3.18. The lowest BCUT2D eigenvalue weighted by Gasteiger charge is -2.12. The van der Waals surface area contributed by atoms with Crippen molar-refractivity contribution >= 4 is 5.97 Å².